The van der Waals surface area contributed by atoms with Crippen LogP contribution in [-0.4, -0.2) is 71.3 Å². The molecule has 3 atom stereocenters. The summed E-state index contributed by atoms with van der Waals surface area (Å²) in [5.41, 5.74) is -0.521. The zero-order valence-corrected chi connectivity index (χ0v) is 25.1. The van der Waals surface area contributed by atoms with Crippen molar-refractivity contribution in [2.75, 3.05) is 31.7 Å². The predicted molar refractivity (Wildman–Crippen MR) is 154 cm³/mol. The van der Waals surface area contributed by atoms with E-state index in [1.807, 2.05) is 0 Å². The van der Waals surface area contributed by atoms with Crippen LogP contribution in [0.3, 0.4) is 0 Å². The average Bonchev–Trinajstić information content (AvgIpc) is 3.69. The molecule has 0 radical (unpaired) electrons. The molecular weight excluding hydrogens is 577 g/mol. The molecule has 3 heterocycles. The first-order chi connectivity index (χ1) is 21.0. The Hall–Kier alpha value is -3.92. The Bertz CT molecular complexity index is 1460. The highest BCUT2D eigenvalue weighted by atomic mass is 19.4. The van der Waals surface area contributed by atoms with Crippen LogP contribution in [-0.2, 0) is 15.7 Å². The summed E-state index contributed by atoms with van der Waals surface area (Å²) in [5.74, 6) is -1.90. The molecule has 3 aliphatic rings. The smallest absolute Gasteiger partial charge is 0.381 e. The number of benzene rings is 1. The molecule has 0 spiro atoms. The number of hydrogen-bond donors (Lipinski definition) is 1. The van der Waals surface area contributed by atoms with Crippen LogP contribution in [0.25, 0.3) is 0 Å². The minimum Gasteiger partial charge on any atom is -0.381 e. The van der Waals surface area contributed by atoms with Gasteiger partial charge in [-0.15, -0.1) is 0 Å². The quantitative estimate of drug-likeness (QED) is 0.484. The van der Waals surface area contributed by atoms with Crippen molar-refractivity contribution in [1.29, 1.82) is 5.26 Å². The highest BCUT2D eigenvalue weighted by Crippen LogP contribution is 2.49. The van der Waals surface area contributed by atoms with Crippen molar-refractivity contribution in [1.82, 2.24) is 20.0 Å². The van der Waals surface area contributed by atoms with E-state index < -0.39 is 47.5 Å². The summed E-state index contributed by atoms with van der Waals surface area (Å²) in [6.45, 7) is 4.60. The number of fused-ring (bicyclic) bond motifs is 1. The molecule has 0 bridgehead atoms. The van der Waals surface area contributed by atoms with Gasteiger partial charge in [-0.25, -0.2) is 4.68 Å². The third-order valence-electron chi connectivity index (χ3n) is 9.19. The third-order valence-corrected chi connectivity index (χ3v) is 9.19. The Kier molecular flexibility index (Phi) is 9.02. The van der Waals surface area contributed by atoms with Crippen LogP contribution in [0.5, 0.6) is 0 Å². The molecule has 5 rings (SSSR count). The van der Waals surface area contributed by atoms with Crippen molar-refractivity contribution in [3.05, 3.63) is 46.6 Å². The number of alkyl halides is 3. The largest absolute Gasteiger partial charge is 0.416 e. The third kappa shape index (κ3) is 5.79. The van der Waals surface area contributed by atoms with Gasteiger partial charge >= 0.3 is 6.18 Å². The number of amides is 3. The van der Waals surface area contributed by atoms with E-state index in [-0.39, 0.29) is 29.8 Å². The van der Waals surface area contributed by atoms with Crippen molar-refractivity contribution in [3.8, 4) is 6.07 Å². The second-order valence-corrected chi connectivity index (χ2v) is 11.8. The maximum Gasteiger partial charge on any atom is 0.416 e. The number of hydrogen-bond acceptors (Lipinski definition) is 6. The monoisotopic (exact) mass is 614 g/mol. The lowest BCUT2D eigenvalue weighted by Gasteiger charge is -2.41. The normalized spacial score (nSPS) is 21.9. The molecule has 1 aromatic heterocycles. The van der Waals surface area contributed by atoms with Gasteiger partial charge in [0.05, 0.1) is 17.7 Å². The molecule has 13 heteroatoms. The Morgan fingerprint density at radius 2 is 1.89 bits per heavy atom. The Balaban J connectivity index is 1.66. The topological polar surface area (TPSA) is 121 Å². The summed E-state index contributed by atoms with van der Waals surface area (Å²) in [5, 5.41) is 17.2. The van der Waals surface area contributed by atoms with Gasteiger partial charge in [0.1, 0.15) is 17.9 Å². The fourth-order valence-corrected chi connectivity index (χ4v) is 6.72. The van der Waals surface area contributed by atoms with E-state index >= 15 is 0 Å². The lowest BCUT2D eigenvalue weighted by Crippen LogP contribution is -2.57. The second kappa shape index (κ2) is 12.6. The minimum absolute atomic E-state index is 0.0823. The lowest BCUT2D eigenvalue weighted by atomic mass is 9.76. The van der Waals surface area contributed by atoms with Gasteiger partial charge < -0.3 is 15.0 Å². The molecule has 0 unspecified atom stereocenters. The van der Waals surface area contributed by atoms with E-state index in [0.717, 1.165) is 43.9 Å². The average molecular weight is 615 g/mol. The zero-order valence-electron chi connectivity index (χ0n) is 25.1. The number of aromatic nitrogens is 2. The Morgan fingerprint density at radius 3 is 2.50 bits per heavy atom. The molecule has 1 aromatic carbocycles. The van der Waals surface area contributed by atoms with E-state index in [1.54, 1.807) is 18.5 Å². The van der Waals surface area contributed by atoms with Gasteiger partial charge in [0.2, 0.25) is 0 Å². The molecule has 236 valence electrons. The number of carbonyl (C=O) groups excluding carboxylic acids is 3. The van der Waals surface area contributed by atoms with E-state index in [9.17, 15) is 32.8 Å². The van der Waals surface area contributed by atoms with Gasteiger partial charge in [-0.05, 0) is 63.6 Å². The summed E-state index contributed by atoms with van der Waals surface area (Å²) in [7, 11) is 1.53. The summed E-state index contributed by atoms with van der Waals surface area (Å²) in [6.07, 6.45) is -0.0836. The molecule has 1 saturated heterocycles. The minimum atomic E-state index is -4.64. The number of carbonyl (C=O) groups is 3. The summed E-state index contributed by atoms with van der Waals surface area (Å²) in [6, 6.07) is 4.15. The number of nitrogens with zero attached hydrogens (tertiary/aromatic N) is 5. The van der Waals surface area contributed by atoms with Gasteiger partial charge in [-0.1, -0.05) is 18.9 Å². The highest BCUT2D eigenvalue weighted by Gasteiger charge is 2.50. The van der Waals surface area contributed by atoms with Gasteiger partial charge in [-0.2, -0.15) is 23.5 Å². The van der Waals surface area contributed by atoms with Crippen LogP contribution >= 0.6 is 0 Å². The van der Waals surface area contributed by atoms with Crippen LogP contribution in [0.1, 0.15) is 96.3 Å². The molecule has 3 amide bonds. The number of halogens is 3. The number of rotatable bonds is 7. The fraction of sp³-hybridized carbons (Fsp3) is 0.581. The van der Waals surface area contributed by atoms with Crippen LogP contribution < -0.4 is 10.2 Å². The lowest BCUT2D eigenvalue weighted by molar-refractivity contribution is -0.137. The summed E-state index contributed by atoms with van der Waals surface area (Å²) >= 11 is 0. The zero-order chi connectivity index (χ0) is 31.8. The van der Waals surface area contributed by atoms with E-state index in [0.29, 0.717) is 37.4 Å². The van der Waals surface area contributed by atoms with Gasteiger partial charge in [0, 0.05) is 43.9 Å². The number of anilines is 1. The summed E-state index contributed by atoms with van der Waals surface area (Å²) in [4.78, 5) is 44.7. The van der Waals surface area contributed by atoms with Crippen molar-refractivity contribution >= 4 is 23.5 Å². The first-order valence-electron chi connectivity index (χ1n) is 15.1. The maximum atomic E-state index is 14.3. The molecule has 2 aliphatic heterocycles. The van der Waals surface area contributed by atoms with Crippen LogP contribution in [0.15, 0.2) is 24.3 Å². The molecule has 1 N–H and O–H groups in total. The molecule has 2 fully saturated rings. The van der Waals surface area contributed by atoms with E-state index in [1.165, 1.54) is 22.9 Å². The molecule has 1 saturated carbocycles. The molecule has 44 heavy (non-hydrogen) atoms. The molecule has 2 aromatic rings. The number of nitriles is 1. The molecular formula is C31H37F3N6O4. The van der Waals surface area contributed by atoms with E-state index in [2.05, 4.69) is 11.4 Å². The Morgan fingerprint density at radius 1 is 1.20 bits per heavy atom. The Labute approximate surface area is 254 Å². The summed E-state index contributed by atoms with van der Waals surface area (Å²) < 4.78 is 47.6. The number of ether oxygens (including phenoxy) is 1. The van der Waals surface area contributed by atoms with Crippen LogP contribution in [0.4, 0.5) is 19.0 Å². The molecule has 1 aliphatic carbocycles. The van der Waals surface area contributed by atoms with Gasteiger partial charge in [0.15, 0.2) is 5.69 Å². The molecule has 10 nitrogen and oxygen atoms in total. The highest BCUT2D eigenvalue weighted by molar-refractivity contribution is 6.07. The van der Waals surface area contributed by atoms with Crippen molar-refractivity contribution in [3.63, 3.8) is 0 Å². The second-order valence-electron chi connectivity index (χ2n) is 11.8. The van der Waals surface area contributed by atoms with Crippen molar-refractivity contribution in [2.45, 2.75) is 82.6 Å². The number of likely N-dealkylation sites (N-methyl/N-ethyl adjacent to an activating group) is 1. The van der Waals surface area contributed by atoms with Crippen molar-refractivity contribution < 1.29 is 32.3 Å². The van der Waals surface area contributed by atoms with Crippen LogP contribution in [0, 0.1) is 17.2 Å². The van der Waals surface area contributed by atoms with Gasteiger partial charge in [-0.3, -0.25) is 19.3 Å². The maximum absolute atomic E-state index is 14.3. The standard InChI is InChI=1S/C31H37F3N6O4/c1-4-39-28-24(26(29(42)38(3)18(2)17-35)37-40(28)22-12-14-44-15-13-22)23(19-8-5-6-9-19)25(30(39)43)36-27(41)20-10-7-11-21(16-20)31(32,33)34/h7,10-11,16,18-19,22-23,25H,4-6,8-9,12-15H2,1-3H3,(H,36,41)/t18-,23-,25-/m0/s1. The first-order valence-corrected chi connectivity index (χ1v) is 15.1. The fourth-order valence-electron chi connectivity index (χ4n) is 6.72. The van der Waals surface area contributed by atoms with E-state index in [4.69, 9.17) is 9.84 Å². The first kappa shape index (κ1) is 31.5. The van der Waals surface area contributed by atoms with Crippen LogP contribution in [0.2, 0.25) is 0 Å². The number of nitrogens with one attached hydrogen (secondary N) is 1. The van der Waals surface area contributed by atoms with Crippen molar-refractivity contribution in [2.24, 2.45) is 5.92 Å². The van der Waals surface area contributed by atoms with Gasteiger partial charge in [0.25, 0.3) is 17.7 Å². The predicted octanol–water partition coefficient (Wildman–Crippen LogP) is 4.68. The SMILES string of the molecule is CCN1C(=O)[C@@H](NC(=O)c2cccc(C(F)(F)F)c2)[C@@H](C2CCCC2)c2c(C(=O)N(C)[C@@H](C)C#N)nn(C3CCOCC3)c21.